The van der Waals surface area contributed by atoms with Gasteiger partial charge in [-0.3, -0.25) is 0 Å². The van der Waals surface area contributed by atoms with Crippen LogP contribution in [0.5, 0.6) is 5.75 Å². The van der Waals surface area contributed by atoms with Crippen molar-refractivity contribution in [2.24, 2.45) is 5.92 Å². The first kappa shape index (κ1) is 16.0. The number of nitrogens with one attached hydrogen (secondary N) is 1. The molecule has 1 aromatic rings. The van der Waals surface area contributed by atoms with Crippen molar-refractivity contribution in [1.29, 1.82) is 0 Å². The molecule has 1 aromatic carbocycles. The third kappa shape index (κ3) is 5.21. The molecule has 0 amide bonds. The van der Waals surface area contributed by atoms with Gasteiger partial charge in [-0.1, -0.05) is 26.0 Å². The predicted molar refractivity (Wildman–Crippen MR) is 79.7 cm³/mol. The summed E-state index contributed by atoms with van der Waals surface area (Å²) >= 11 is 0. The molecule has 0 fully saturated rings. The summed E-state index contributed by atoms with van der Waals surface area (Å²) in [6.45, 7) is 6.29. The Labute approximate surface area is 117 Å². The van der Waals surface area contributed by atoms with E-state index in [-0.39, 0.29) is 0 Å². The molecule has 0 saturated carbocycles. The molecule has 0 bridgehead atoms. The average molecular weight is 265 g/mol. The monoisotopic (exact) mass is 265 g/mol. The molecule has 0 saturated heterocycles. The standard InChI is InChI=1S/C16H27NO2/c1-5-10-17-16(13(2)9-11-18-3)14-7-6-8-15(12-14)19-4/h6-8,12-13,16-17H,5,9-11H2,1-4H3. The van der Waals surface area contributed by atoms with Crippen LogP contribution in [0, 0.1) is 5.92 Å². The van der Waals surface area contributed by atoms with E-state index in [1.807, 2.05) is 6.07 Å². The van der Waals surface area contributed by atoms with Gasteiger partial charge in [-0.2, -0.15) is 0 Å². The van der Waals surface area contributed by atoms with Crippen LogP contribution in [0.4, 0.5) is 0 Å². The Kier molecular flexibility index (Phi) is 7.53. The summed E-state index contributed by atoms with van der Waals surface area (Å²) in [7, 11) is 3.47. The van der Waals surface area contributed by atoms with Crippen molar-refractivity contribution in [3.8, 4) is 5.75 Å². The second-order valence-corrected chi connectivity index (χ2v) is 4.97. The summed E-state index contributed by atoms with van der Waals surface area (Å²) in [6.07, 6.45) is 2.19. The van der Waals surface area contributed by atoms with E-state index in [1.54, 1.807) is 14.2 Å². The Bertz CT molecular complexity index is 354. The second-order valence-electron chi connectivity index (χ2n) is 4.97. The predicted octanol–water partition coefficient (Wildman–Crippen LogP) is 3.41. The number of hydrogen-bond donors (Lipinski definition) is 1. The molecule has 1 rings (SSSR count). The van der Waals surface area contributed by atoms with Crippen LogP contribution in [-0.2, 0) is 4.74 Å². The van der Waals surface area contributed by atoms with Gasteiger partial charge in [0.25, 0.3) is 0 Å². The number of rotatable bonds is 9. The largest absolute Gasteiger partial charge is 0.497 e. The molecule has 2 unspecified atom stereocenters. The molecular weight excluding hydrogens is 238 g/mol. The summed E-state index contributed by atoms with van der Waals surface area (Å²) in [6, 6.07) is 8.68. The van der Waals surface area contributed by atoms with Gasteiger partial charge >= 0.3 is 0 Å². The highest BCUT2D eigenvalue weighted by atomic mass is 16.5. The Morgan fingerprint density at radius 1 is 1.26 bits per heavy atom. The minimum absolute atomic E-state index is 0.352. The van der Waals surface area contributed by atoms with E-state index in [2.05, 4.69) is 37.4 Å². The number of hydrogen-bond acceptors (Lipinski definition) is 3. The fraction of sp³-hybridized carbons (Fsp3) is 0.625. The van der Waals surface area contributed by atoms with Crippen LogP contribution in [-0.4, -0.2) is 27.4 Å². The van der Waals surface area contributed by atoms with Gasteiger partial charge in [0.2, 0.25) is 0 Å². The molecule has 108 valence electrons. The highest BCUT2D eigenvalue weighted by Crippen LogP contribution is 2.27. The van der Waals surface area contributed by atoms with Crippen molar-refractivity contribution in [2.75, 3.05) is 27.4 Å². The summed E-state index contributed by atoms with van der Waals surface area (Å²) in [5.41, 5.74) is 1.29. The Morgan fingerprint density at radius 3 is 2.68 bits per heavy atom. The van der Waals surface area contributed by atoms with Crippen LogP contribution < -0.4 is 10.1 Å². The first-order valence-electron chi connectivity index (χ1n) is 7.09. The zero-order chi connectivity index (χ0) is 14.1. The molecule has 2 atom stereocenters. The highest BCUT2D eigenvalue weighted by Gasteiger charge is 2.18. The zero-order valence-electron chi connectivity index (χ0n) is 12.6. The molecule has 19 heavy (non-hydrogen) atoms. The van der Waals surface area contributed by atoms with Crippen LogP contribution in [0.1, 0.15) is 38.3 Å². The second kappa shape index (κ2) is 8.94. The van der Waals surface area contributed by atoms with Crippen LogP contribution in [0.25, 0.3) is 0 Å². The maximum atomic E-state index is 5.32. The van der Waals surface area contributed by atoms with Crippen molar-refractivity contribution < 1.29 is 9.47 Å². The number of methoxy groups -OCH3 is 2. The van der Waals surface area contributed by atoms with Gasteiger partial charge in [0.05, 0.1) is 7.11 Å². The lowest BCUT2D eigenvalue weighted by Crippen LogP contribution is -2.28. The van der Waals surface area contributed by atoms with Gasteiger partial charge in [0.1, 0.15) is 5.75 Å². The highest BCUT2D eigenvalue weighted by molar-refractivity contribution is 5.30. The molecule has 0 heterocycles. The summed E-state index contributed by atoms with van der Waals surface area (Å²) < 4.78 is 10.5. The third-order valence-electron chi connectivity index (χ3n) is 3.41. The van der Waals surface area contributed by atoms with Crippen LogP contribution in [0.2, 0.25) is 0 Å². The number of benzene rings is 1. The topological polar surface area (TPSA) is 30.5 Å². The average Bonchev–Trinajstić information content (AvgIpc) is 2.45. The van der Waals surface area contributed by atoms with E-state index >= 15 is 0 Å². The minimum Gasteiger partial charge on any atom is -0.497 e. The SMILES string of the molecule is CCCNC(c1cccc(OC)c1)C(C)CCOC. The van der Waals surface area contributed by atoms with Gasteiger partial charge in [0.15, 0.2) is 0 Å². The van der Waals surface area contributed by atoms with Crippen molar-refractivity contribution >= 4 is 0 Å². The first-order chi connectivity index (χ1) is 9.22. The van der Waals surface area contributed by atoms with Crippen LogP contribution in [0.3, 0.4) is 0 Å². The molecule has 0 radical (unpaired) electrons. The lowest BCUT2D eigenvalue weighted by atomic mass is 9.92. The molecule has 1 N–H and O–H groups in total. The molecule has 3 nitrogen and oxygen atoms in total. The molecule has 0 aliphatic carbocycles. The van der Waals surface area contributed by atoms with Crippen molar-refractivity contribution in [3.63, 3.8) is 0 Å². The molecule has 0 aliphatic heterocycles. The Morgan fingerprint density at radius 2 is 2.05 bits per heavy atom. The smallest absolute Gasteiger partial charge is 0.119 e. The van der Waals surface area contributed by atoms with E-state index in [0.717, 1.165) is 31.7 Å². The van der Waals surface area contributed by atoms with E-state index < -0.39 is 0 Å². The fourth-order valence-corrected chi connectivity index (χ4v) is 2.25. The molecule has 0 spiro atoms. The van der Waals surface area contributed by atoms with Gasteiger partial charge in [-0.15, -0.1) is 0 Å². The first-order valence-corrected chi connectivity index (χ1v) is 7.09. The van der Waals surface area contributed by atoms with E-state index in [4.69, 9.17) is 9.47 Å². The van der Waals surface area contributed by atoms with E-state index in [1.165, 1.54) is 5.56 Å². The maximum Gasteiger partial charge on any atom is 0.119 e. The van der Waals surface area contributed by atoms with Crippen molar-refractivity contribution in [3.05, 3.63) is 29.8 Å². The Balaban J connectivity index is 2.81. The van der Waals surface area contributed by atoms with Crippen LogP contribution in [0.15, 0.2) is 24.3 Å². The quantitative estimate of drug-likeness (QED) is 0.742. The van der Waals surface area contributed by atoms with Crippen molar-refractivity contribution in [1.82, 2.24) is 5.32 Å². The third-order valence-corrected chi connectivity index (χ3v) is 3.41. The summed E-state index contributed by atoms with van der Waals surface area (Å²) in [5.74, 6) is 1.44. The van der Waals surface area contributed by atoms with Gasteiger partial charge in [-0.25, -0.2) is 0 Å². The van der Waals surface area contributed by atoms with Gasteiger partial charge in [0, 0.05) is 19.8 Å². The minimum atomic E-state index is 0.352. The van der Waals surface area contributed by atoms with E-state index in [9.17, 15) is 0 Å². The van der Waals surface area contributed by atoms with Gasteiger partial charge in [-0.05, 0) is 43.0 Å². The fourth-order valence-electron chi connectivity index (χ4n) is 2.25. The molecule has 3 heteroatoms. The maximum absolute atomic E-state index is 5.32. The Hall–Kier alpha value is -1.06. The summed E-state index contributed by atoms with van der Waals surface area (Å²) in [5, 5.41) is 3.63. The molecule has 0 aromatic heterocycles. The van der Waals surface area contributed by atoms with Crippen LogP contribution >= 0.6 is 0 Å². The van der Waals surface area contributed by atoms with Crippen molar-refractivity contribution in [2.45, 2.75) is 32.7 Å². The van der Waals surface area contributed by atoms with Gasteiger partial charge < -0.3 is 14.8 Å². The summed E-state index contributed by atoms with van der Waals surface area (Å²) in [4.78, 5) is 0. The molecule has 0 aliphatic rings. The lowest BCUT2D eigenvalue weighted by Gasteiger charge is -2.26. The molecular formula is C16H27NO2. The normalized spacial score (nSPS) is 14.1. The lowest BCUT2D eigenvalue weighted by molar-refractivity contribution is 0.170. The van der Waals surface area contributed by atoms with E-state index in [0.29, 0.717) is 12.0 Å². The number of ether oxygens (including phenoxy) is 2. The zero-order valence-corrected chi connectivity index (χ0v) is 12.6.